The molecule has 2 aromatic carbocycles. The van der Waals surface area contributed by atoms with Gasteiger partial charge in [-0.3, -0.25) is 9.59 Å². The van der Waals surface area contributed by atoms with Crippen LogP contribution < -0.4 is 15.5 Å². The van der Waals surface area contributed by atoms with Crippen molar-refractivity contribution in [2.45, 2.75) is 25.6 Å². The smallest absolute Gasteiger partial charge is 0.378 e. The summed E-state index contributed by atoms with van der Waals surface area (Å²) in [5, 5.41) is 5.34. The number of benzene rings is 2. The second kappa shape index (κ2) is 9.82. The molecule has 0 unspecified atom stereocenters. The summed E-state index contributed by atoms with van der Waals surface area (Å²) >= 11 is 0. The zero-order valence-corrected chi connectivity index (χ0v) is 17.0. The van der Waals surface area contributed by atoms with Crippen LogP contribution in [0.1, 0.15) is 30.5 Å². The number of nitrogens with zero attached hydrogens (tertiary/aromatic N) is 1. The lowest BCUT2D eigenvalue weighted by Crippen LogP contribution is -2.37. The summed E-state index contributed by atoms with van der Waals surface area (Å²) in [6, 6.07) is 11.6. The molecular weight excluding hydrogens is 411 g/mol. The average molecular weight is 435 g/mol. The van der Waals surface area contributed by atoms with Gasteiger partial charge in [0.15, 0.2) is 0 Å². The lowest BCUT2D eigenvalue weighted by molar-refractivity contribution is -0.137. The number of hydrogen-bond donors (Lipinski definition) is 2. The Morgan fingerprint density at radius 1 is 1.10 bits per heavy atom. The van der Waals surface area contributed by atoms with Crippen molar-refractivity contribution < 1.29 is 27.5 Å². The molecule has 2 aromatic rings. The lowest BCUT2D eigenvalue weighted by atomic mass is 10.0. The highest BCUT2D eigenvalue weighted by molar-refractivity contribution is 5.95. The fraction of sp³-hybridized carbons (Fsp3) is 0.364. The van der Waals surface area contributed by atoms with E-state index in [-0.39, 0.29) is 18.0 Å². The summed E-state index contributed by atoms with van der Waals surface area (Å²) in [6.07, 6.45) is -4.66. The first-order valence-corrected chi connectivity index (χ1v) is 9.90. The lowest BCUT2D eigenvalue weighted by Gasteiger charge is -2.31. The summed E-state index contributed by atoms with van der Waals surface area (Å²) in [5.74, 6) is -0.814. The van der Waals surface area contributed by atoms with Gasteiger partial charge in [0.1, 0.15) is 0 Å². The Balaban J connectivity index is 1.84. The highest BCUT2D eigenvalue weighted by Gasteiger charge is 2.32. The first-order valence-electron chi connectivity index (χ1n) is 9.90. The Hall–Kier alpha value is -3.07. The van der Waals surface area contributed by atoms with E-state index >= 15 is 0 Å². The van der Waals surface area contributed by atoms with Crippen LogP contribution in [-0.2, 0) is 20.5 Å². The van der Waals surface area contributed by atoms with E-state index in [1.807, 2.05) is 11.0 Å². The van der Waals surface area contributed by atoms with Crippen LogP contribution in [0.5, 0.6) is 0 Å². The van der Waals surface area contributed by atoms with Crippen molar-refractivity contribution in [3.8, 4) is 0 Å². The van der Waals surface area contributed by atoms with Crippen molar-refractivity contribution >= 4 is 23.2 Å². The van der Waals surface area contributed by atoms with Crippen LogP contribution in [0.15, 0.2) is 48.5 Å². The van der Waals surface area contributed by atoms with Crippen molar-refractivity contribution in [3.63, 3.8) is 0 Å². The Labute approximate surface area is 178 Å². The van der Waals surface area contributed by atoms with Crippen LogP contribution in [-0.4, -0.2) is 38.1 Å². The highest BCUT2D eigenvalue weighted by atomic mass is 19.4. The monoisotopic (exact) mass is 435 g/mol. The van der Waals surface area contributed by atoms with Gasteiger partial charge in [-0.25, -0.2) is 0 Å². The van der Waals surface area contributed by atoms with Crippen molar-refractivity contribution in [1.29, 1.82) is 0 Å². The predicted molar refractivity (Wildman–Crippen MR) is 111 cm³/mol. The molecular formula is C22H24F3N3O3. The first-order chi connectivity index (χ1) is 14.7. The Kier molecular flexibility index (Phi) is 7.17. The molecule has 1 fully saturated rings. The van der Waals surface area contributed by atoms with Crippen LogP contribution in [0.2, 0.25) is 0 Å². The van der Waals surface area contributed by atoms with Crippen molar-refractivity contribution in [2.24, 2.45) is 0 Å². The van der Waals surface area contributed by atoms with Crippen molar-refractivity contribution in [1.82, 2.24) is 5.32 Å². The van der Waals surface area contributed by atoms with Gasteiger partial charge in [-0.15, -0.1) is 0 Å². The number of hydrogen-bond acceptors (Lipinski definition) is 4. The van der Waals surface area contributed by atoms with Gasteiger partial charge >= 0.3 is 6.18 Å². The normalized spacial score (nSPS) is 15.3. The third kappa shape index (κ3) is 6.21. The fourth-order valence-electron chi connectivity index (χ4n) is 3.46. The summed E-state index contributed by atoms with van der Waals surface area (Å²) in [7, 11) is 0. The number of anilines is 2. The Bertz CT molecular complexity index is 913. The van der Waals surface area contributed by atoms with Gasteiger partial charge in [0.2, 0.25) is 11.8 Å². The molecule has 0 spiro atoms. The van der Waals surface area contributed by atoms with Crippen molar-refractivity contribution in [2.75, 3.05) is 36.5 Å². The fourth-order valence-corrected chi connectivity index (χ4v) is 3.46. The molecule has 0 aliphatic carbocycles. The van der Waals surface area contributed by atoms with E-state index in [0.29, 0.717) is 32.0 Å². The number of carbonyl (C=O) groups is 2. The quantitative estimate of drug-likeness (QED) is 0.725. The summed E-state index contributed by atoms with van der Waals surface area (Å²) in [5.41, 5.74) is 0.461. The Morgan fingerprint density at radius 3 is 2.39 bits per heavy atom. The zero-order chi connectivity index (χ0) is 22.4. The minimum atomic E-state index is -4.54. The molecule has 2 amide bonds. The molecule has 1 atom stereocenters. The van der Waals surface area contributed by atoms with Gasteiger partial charge in [0, 0.05) is 20.0 Å². The van der Waals surface area contributed by atoms with E-state index < -0.39 is 23.7 Å². The molecule has 6 nitrogen and oxygen atoms in total. The third-order valence-electron chi connectivity index (χ3n) is 4.92. The maximum Gasteiger partial charge on any atom is 0.416 e. The number of ether oxygens (including phenoxy) is 1. The van der Waals surface area contributed by atoms with E-state index in [1.54, 1.807) is 24.3 Å². The molecule has 1 aliphatic heterocycles. The molecule has 0 bridgehead atoms. The molecule has 3 rings (SSSR count). The number of carbonyl (C=O) groups excluding carboxylic acids is 2. The van der Waals surface area contributed by atoms with Crippen LogP contribution in [0.4, 0.5) is 24.5 Å². The minimum absolute atomic E-state index is 0.0800. The number of alkyl halides is 3. The molecule has 9 heteroatoms. The van der Waals surface area contributed by atoms with E-state index in [2.05, 4.69) is 10.6 Å². The van der Waals surface area contributed by atoms with Gasteiger partial charge in [0.05, 0.1) is 42.6 Å². The van der Waals surface area contributed by atoms with E-state index in [4.69, 9.17) is 4.74 Å². The standard InChI is InChI=1S/C22H24F3N3O3/c1-15(29)26-18(16-5-3-2-4-6-16)14-21(30)27-19-13-17(22(23,24)25)7-8-20(19)28-9-11-31-12-10-28/h2-8,13,18H,9-12,14H2,1H3,(H,26,29)(H,27,30)/t18-/m0/s1. The molecule has 1 heterocycles. The number of morpholine rings is 1. The number of rotatable bonds is 6. The molecule has 1 saturated heterocycles. The maximum absolute atomic E-state index is 13.3. The minimum Gasteiger partial charge on any atom is -0.378 e. The van der Waals surface area contributed by atoms with Gasteiger partial charge in [-0.05, 0) is 23.8 Å². The third-order valence-corrected chi connectivity index (χ3v) is 4.92. The number of halogens is 3. The molecule has 0 saturated carbocycles. The topological polar surface area (TPSA) is 70.7 Å². The van der Waals surface area contributed by atoms with Gasteiger partial charge in [0.25, 0.3) is 0 Å². The van der Waals surface area contributed by atoms with E-state index in [1.165, 1.54) is 13.0 Å². The Morgan fingerprint density at radius 2 is 1.77 bits per heavy atom. The number of nitrogens with one attached hydrogen (secondary N) is 2. The molecule has 0 aromatic heterocycles. The van der Waals surface area contributed by atoms with E-state index in [0.717, 1.165) is 17.7 Å². The summed E-state index contributed by atoms with van der Waals surface area (Å²) in [4.78, 5) is 26.3. The zero-order valence-electron chi connectivity index (χ0n) is 17.0. The molecule has 0 radical (unpaired) electrons. The predicted octanol–water partition coefficient (Wildman–Crippen LogP) is 3.75. The highest BCUT2D eigenvalue weighted by Crippen LogP contribution is 2.36. The largest absolute Gasteiger partial charge is 0.416 e. The molecule has 31 heavy (non-hydrogen) atoms. The number of amides is 2. The second-order valence-corrected chi connectivity index (χ2v) is 7.25. The van der Waals surface area contributed by atoms with Gasteiger partial charge in [-0.1, -0.05) is 30.3 Å². The van der Waals surface area contributed by atoms with Gasteiger partial charge < -0.3 is 20.3 Å². The van der Waals surface area contributed by atoms with Gasteiger partial charge in [-0.2, -0.15) is 13.2 Å². The maximum atomic E-state index is 13.3. The van der Waals surface area contributed by atoms with Crippen LogP contribution in [0, 0.1) is 0 Å². The summed E-state index contributed by atoms with van der Waals surface area (Å²) in [6.45, 7) is 3.26. The molecule has 166 valence electrons. The first kappa shape index (κ1) is 22.6. The second-order valence-electron chi connectivity index (χ2n) is 7.25. The SMILES string of the molecule is CC(=O)N[C@@H](CC(=O)Nc1cc(C(F)(F)F)ccc1N1CCOCC1)c1ccccc1. The van der Waals surface area contributed by atoms with Crippen LogP contribution in [0.3, 0.4) is 0 Å². The van der Waals surface area contributed by atoms with Crippen LogP contribution in [0.25, 0.3) is 0 Å². The molecule has 2 N–H and O–H groups in total. The van der Waals surface area contributed by atoms with Crippen LogP contribution >= 0.6 is 0 Å². The summed E-state index contributed by atoms with van der Waals surface area (Å²) < 4.78 is 45.1. The average Bonchev–Trinajstić information content (AvgIpc) is 2.73. The van der Waals surface area contributed by atoms with Crippen molar-refractivity contribution in [3.05, 3.63) is 59.7 Å². The van der Waals surface area contributed by atoms with E-state index in [9.17, 15) is 22.8 Å². The molecule has 1 aliphatic rings.